The quantitative estimate of drug-likeness (QED) is 0.612. The number of rotatable bonds is 3. The highest BCUT2D eigenvalue weighted by atomic mass is 79.9. The number of allylic oxidation sites excluding steroid dienone is 1. The van der Waals surface area contributed by atoms with Crippen LogP contribution in [0.4, 0.5) is 0 Å². The summed E-state index contributed by atoms with van der Waals surface area (Å²) < 4.78 is 6.78. The first-order chi connectivity index (χ1) is 10.8. The van der Waals surface area contributed by atoms with Crippen LogP contribution >= 0.6 is 15.9 Å². The molecule has 0 aliphatic heterocycles. The average Bonchev–Trinajstić information content (AvgIpc) is 3.02. The molecule has 0 aliphatic carbocycles. The Kier molecular flexibility index (Phi) is 4.17. The number of hydrogen-bond donors (Lipinski definition) is 0. The van der Waals surface area contributed by atoms with E-state index in [-0.39, 0.29) is 0 Å². The predicted octanol–water partition coefficient (Wildman–Crippen LogP) is 5.17. The van der Waals surface area contributed by atoms with E-state index in [1.54, 1.807) is 18.3 Å². The maximum atomic E-state index is 9.30. The summed E-state index contributed by atoms with van der Waals surface area (Å²) in [6, 6.07) is 19.2. The Hall–Kier alpha value is -2.64. The lowest BCUT2D eigenvalue weighted by atomic mass is 10.1. The van der Waals surface area contributed by atoms with Crippen molar-refractivity contribution in [1.82, 2.24) is 4.98 Å². The largest absolute Gasteiger partial charge is 0.457 e. The third-order valence-corrected chi connectivity index (χ3v) is 3.81. The first kappa shape index (κ1) is 14.3. The second-order valence-electron chi connectivity index (χ2n) is 4.57. The van der Waals surface area contributed by atoms with Crippen molar-refractivity contribution in [2.24, 2.45) is 0 Å². The van der Waals surface area contributed by atoms with E-state index < -0.39 is 0 Å². The summed E-state index contributed by atoms with van der Waals surface area (Å²) in [5, 5.41) is 9.30. The molecule has 0 amide bonds. The monoisotopic (exact) mass is 350 g/mol. The summed E-state index contributed by atoms with van der Waals surface area (Å²) in [5.74, 6) is 1.37. The molecule has 0 saturated heterocycles. The van der Waals surface area contributed by atoms with Crippen molar-refractivity contribution in [3.8, 4) is 17.4 Å². The minimum absolute atomic E-state index is 0.466. The average molecular weight is 351 g/mol. The lowest BCUT2D eigenvalue weighted by molar-refractivity contribution is 0.571. The van der Waals surface area contributed by atoms with Gasteiger partial charge in [0, 0.05) is 22.3 Å². The summed E-state index contributed by atoms with van der Waals surface area (Å²) in [4.78, 5) is 4.19. The fourth-order valence-electron chi connectivity index (χ4n) is 2.06. The first-order valence-corrected chi connectivity index (χ1v) is 7.45. The number of nitrogens with zero attached hydrogens (tertiary/aromatic N) is 2. The van der Waals surface area contributed by atoms with Gasteiger partial charge in [-0.2, -0.15) is 5.26 Å². The topological polar surface area (TPSA) is 49.8 Å². The molecular weight excluding hydrogens is 340 g/mol. The van der Waals surface area contributed by atoms with Crippen LogP contribution in [0.2, 0.25) is 0 Å². The normalized spacial score (nSPS) is 11.2. The molecule has 0 atom stereocenters. The van der Waals surface area contributed by atoms with Crippen LogP contribution in [0.1, 0.15) is 11.5 Å². The van der Waals surface area contributed by atoms with Crippen LogP contribution in [0.15, 0.2) is 69.7 Å². The van der Waals surface area contributed by atoms with Gasteiger partial charge in [0.25, 0.3) is 0 Å². The van der Waals surface area contributed by atoms with Crippen LogP contribution in [0.5, 0.6) is 0 Å². The Morgan fingerprint density at radius 3 is 2.64 bits per heavy atom. The molecule has 0 unspecified atom stereocenters. The molecule has 0 fully saturated rings. The van der Waals surface area contributed by atoms with Crippen molar-refractivity contribution in [3.63, 3.8) is 0 Å². The van der Waals surface area contributed by atoms with Gasteiger partial charge in [0.15, 0.2) is 0 Å². The molecule has 2 aromatic heterocycles. The van der Waals surface area contributed by atoms with Gasteiger partial charge in [-0.3, -0.25) is 4.98 Å². The summed E-state index contributed by atoms with van der Waals surface area (Å²) in [7, 11) is 0. The van der Waals surface area contributed by atoms with E-state index in [0.717, 1.165) is 15.8 Å². The summed E-state index contributed by atoms with van der Waals surface area (Å²) >= 11 is 3.51. The van der Waals surface area contributed by atoms with Gasteiger partial charge in [-0.15, -0.1) is 0 Å². The lowest BCUT2D eigenvalue weighted by Crippen LogP contribution is -1.85. The molecular formula is C18H11BrN2O. The van der Waals surface area contributed by atoms with Crippen molar-refractivity contribution >= 4 is 27.6 Å². The number of nitriles is 1. The maximum Gasteiger partial charge on any atom is 0.135 e. The Labute approximate surface area is 136 Å². The van der Waals surface area contributed by atoms with Gasteiger partial charge in [-0.1, -0.05) is 40.2 Å². The van der Waals surface area contributed by atoms with Crippen molar-refractivity contribution in [2.75, 3.05) is 0 Å². The number of pyridine rings is 1. The van der Waals surface area contributed by atoms with Crippen molar-refractivity contribution < 1.29 is 4.42 Å². The molecule has 1 aromatic carbocycles. The van der Waals surface area contributed by atoms with E-state index in [9.17, 15) is 5.26 Å². The SMILES string of the molecule is N#C/C(=C\c1ccc(-c2ccccc2Br)o1)c1ccccn1. The molecule has 0 saturated carbocycles. The molecule has 0 bridgehead atoms. The summed E-state index contributed by atoms with van der Waals surface area (Å²) in [6.07, 6.45) is 3.36. The van der Waals surface area contributed by atoms with Crippen LogP contribution in [-0.4, -0.2) is 4.98 Å². The standard InChI is InChI=1S/C18H11BrN2O/c19-16-6-2-1-5-15(16)18-9-8-14(22-18)11-13(12-20)17-7-3-4-10-21-17/h1-11H/b13-11+. The van der Waals surface area contributed by atoms with Gasteiger partial charge in [0.05, 0.1) is 11.3 Å². The summed E-state index contributed by atoms with van der Waals surface area (Å²) in [6.45, 7) is 0. The highest BCUT2D eigenvalue weighted by Crippen LogP contribution is 2.30. The predicted molar refractivity (Wildman–Crippen MR) is 89.6 cm³/mol. The minimum Gasteiger partial charge on any atom is -0.457 e. The van der Waals surface area contributed by atoms with E-state index in [1.165, 1.54) is 0 Å². The molecule has 3 aromatic rings. The van der Waals surface area contributed by atoms with Crippen molar-refractivity contribution in [3.05, 3.63) is 76.7 Å². The van der Waals surface area contributed by atoms with E-state index in [4.69, 9.17) is 4.42 Å². The fraction of sp³-hybridized carbons (Fsp3) is 0. The molecule has 0 N–H and O–H groups in total. The molecule has 4 heteroatoms. The van der Waals surface area contributed by atoms with Crippen LogP contribution in [-0.2, 0) is 0 Å². The van der Waals surface area contributed by atoms with Crippen molar-refractivity contribution in [1.29, 1.82) is 5.26 Å². The lowest BCUT2D eigenvalue weighted by Gasteiger charge is -1.99. The van der Waals surface area contributed by atoms with Crippen LogP contribution in [0, 0.1) is 11.3 Å². The molecule has 0 aliphatic rings. The Balaban J connectivity index is 1.96. The number of halogens is 1. The van der Waals surface area contributed by atoms with Gasteiger partial charge in [0.1, 0.15) is 17.6 Å². The number of furan rings is 1. The molecule has 22 heavy (non-hydrogen) atoms. The Morgan fingerprint density at radius 2 is 1.91 bits per heavy atom. The smallest absolute Gasteiger partial charge is 0.135 e. The van der Waals surface area contributed by atoms with Crippen LogP contribution < -0.4 is 0 Å². The third kappa shape index (κ3) is 3.00. The highest BCUT2D eigenvalue weighted by Gasteiger charge is 2.08. The zero-order valence-corrected chi connectivity index (χ0v) is 13.1. The molecule has 0 spiro atoms. The van der Waals surface area contributed by atoms with Gasteiger partial charge < -0.3 is 4.42 Å². The summed E-state index contributed by atoms with van der Waals surface area (Å²) in [5.41, 5.74) is 2.07. The minimum atomic E-state index is 0.466. The second kappa shape index (κ2) is 6.42. The number of aromatic nitrogens is 1. The fourth-order valence-corrected chi connectivity index (χ4v) is 2.54. The van der Waals surface area contributed by atoms with Crippen LogP contribution in [0.3, 0.4) is 0 Å². The van der Waals surface area contributed by atoms with Crippen LogP contribution in [0.25, 0.3) is 23.0 Å². The maximum absolute atomic E-state index is 9.30. The number of hydrogen-bond acceptors (Lipinski definition) is 3. The van der Waals surface area contributed by atoms with E-state index >= 15 is 0 Å². The van der Waals surface area contributed by atoms with Crippen molar-refractivity contribution in [2.45, 2.75) is 0 Å². The van der Waals surface area contributed by atoms with Gasteiger partial charge >= 0.3 is 0 Å². The molecule has 3 nitrogen and oxygen atoms in total. The first-order valence-electron chi connectivity index (χ1n) is 6.66. The van der Waals surface area contributed by atoms with Gasteiger partial charge in [-0.05, 0) is 30.3 Å². The second-order valence-corrected chi connectivity index (χ2v) is 5.42. The molecule has 106 valence electrons. The third-order valence-electron chi connectivity index (χ3n) is 3.11. The van der Waals surface area contributed by atoms with E-state index in [2.05, 4.69) is 27.0 Å². The van der Waals surface area contributed by atoms with E-state index in [1.807, 2.05) is 48.5 Å². The molecule has 0 radical (unpaired) electrons. The molecule has 2 heterocycles. The van der Waals surface area contributed by atoms with Gasteiger partial charge in [0.2, 0.25) is 0 Å². The van der Waals surface area contributed by atoms with E-state index in [0.29, 0.717) is 17.0 Å². The highest BCUT2D eigenvalue weighted by molar-refractivity contribution is 9.10. The zero-order valence-electron chi connectivity index (χ0n) is 11.5. The Morgan fingerprint density at radius 1 is 1.09 bits per heavy atom. The molecule has 3 rings (SSSR count). The van der Waals surface area contributed by atoms with Gasteiger partial charge in [-0.25, -0.2) is 0 Å². The zero-order chi connectivity index (χ0) is 15.4. The number of benzene rings is 1. The Bertz CT molecular complexity index is 860.